The van der Waals surface area contributed by atoms with Gasteiger partial charge in [0, 0.05) is 19.6 Å². The van der Waals surface area contributed by atoms with E-state index in [4.69, 9.17) is 5.73 Å². The van der Waals surface area contributed by atoms with Crippen molar-refractivity contribution in [2.75, 3.05) is 13.1 Å². The number of nitrogens with two attached hydrogens (primary N) is 1. The van der Waals surface area contributed by atoms with E-state index in [9.17, 15) is 0 Å². The third-order valence-electron chi connectivity index (χ3n) is 2.34. The van der Waals surface area contributed by atoms with Crippen molar-refractivity contribution in [2.45, 2.75) is 6.54 Å². The van der Waals surface area contributed by atoms with Gasteiger partial charge in [-0.1, -0.05) is 30.3 Å². The van der Waals surface area contributed by atoms with Gasteiger partial charge in [-0.25, -0.2) is 0 Å². The van der Waals surface area contributed by atoms with Crippen molar-refractivity contribution in [1.82, 2.24) is 5.32 Å². The van der Waals surface area contributed by atoms with Gasteiger partial charge in [-0.15, -0.1) is 0 Å². The molecular weight excluding hydrogens is 160 g/mol. The van der Waals surface area contributed by atoms with Crippen molar-refractivity contribution >= 4 is 5.57 Å². The molecule has 1 heterocycles. The van der Waals surface area contributed by atoms with Crippen LogP contribution in [0.4, 0.5) is 0 Å². The summed E-state index contributed by atoms with van der Waals surface area (Å²) < 4.78 is 0. The van der Waals surface area contributed by atoms with E-state index in [2.05, 4.69) is 35.7 Å². The maximum atomic E-state index is 5.58. The molecule has 1 aliphatic heterocycles. The Morgan fingerprint density at radius 1 is 1.38 bits per heavy atom. The Hall–Kier alpha value is -1.12. The first-order valence-electron chi connectivity index (χ1n) is 4.59. The third kappa shape index (κ3) is 1.79. The van der Waals surface area contributed by atoms with Crippen LogP contribution in [0.25, 0.3) is 5.57 Å². The van der Waals surface area contributed by atoms with Gasteiger partial charge in [0.2, 0.25) is 0 Å². The second kappa shape index (κ2) is 3.73. The highest BCUT2D eigenvalue weighted by Gasteiger charge is 2.05. The maximum Gasteiger partial charge on any atom is 0.0211 e. The number of nitrogens with one attached hydrogen (secondary N) is 1. The molecule has 0 fully saturated rings. The monoisotopic (exact) mass is 174 g/mol. The van der Waals surface area contributed by atoms with Gasteiger partial charge in [-0.05, 0) is 16.7 Å². The molecule has 2 nitrogen and oxygen atoms in total. The minimum Gasteiger partial charge on any atom is -0.326 e. The van der Waals surface area contributed by atoms with Crippen LogP contribution < -0.4 is 11.1 Å². The number of rotatable bonds is 2. The molecule has 0 bridgehead atoms. The van der Waals surface area contributed by atoms with Crippen LogP contribution in [0.1, 0.15) is 11.1 Å². The molecule has 13 heavy (non-hydrogen) atoms. The molecule has 0 unspecified atom stereocenters. The molecule has 0 aliphatic carbocycles. The average molecular weight is 174 g/mol. The third-order valence-corrected chi connectivity index (χ3v) is 2.34. The second-order valence-electron chi connectivity index (χ2n) is 3.26. The molecule has 1 aromatic carbocycles. The molecule has 0 atom stereocenters. The van der Waals surface area contributed by atoms with Gasteiger partial charge in [0.1, 0.15) is 0 Å². The van der Waals surface area contributed by atoms with Crippen molar-refractivity contribution in [3.05, 3.63) is 41.5 Å². The summed E-state index contributed by atoms with van der Waals surface area (Å²) in [5.74, 6) is 0. The fourth-order valence-electron chi connectivity index (χ4n) is 1.59. The van der Waals surface area contributed by atoms with Gasteiger partial charge in [0.25, 0.3) is 0 Å². The molecule has 0 saturated carbocycles. The standard InChI is InChI=1S/C11H14N2/c12-7-9-2-1-3-10(6-9)11-4-5-13-8-11/h1-4,6,13H,5,7-8,12H2. The van der Waals surface area contributed by atoms with E-state index >= 15 is 0 Å². The van der Waals surface area contributed by atoms with E-state index in [0.29, 0.717) is 6.54 Å². The lowest BCUT2D eigenvalue weighted by molar-refractivity contribution is 0.897. The molecule has 2 heteroatoms. The van der Waals surface area contributed by atoms with Crippen LogP contribution in [0, 0.1) is 0 Å². The lowest BCUT2D eigenvalue weighted by Gasteiger charge is -2.03. The SMILES string of the molecule is NCc1cccc(C2=CCNC2)c1. The van der Waals surface area contributed by atoms with Gasteiger partial charge in [0.15, 0.2) is 0 Å². The topological polar surface area (TPSA) is 38.0 Å². The lowest BCUT2D eigenvalue weighted by Crippen LogP contribution is -2.07. The zero-order chi connectivity index (χ0) is 9.10. The summed E-state index contributed by atoms with van der Waals surface area (Å²) >= 11 is 0. The molecule has 0 aromatic heterocycles. The van der Waals surface area contributed by atoms with Crippen molar-refractivity contribution in [1.29, 1.82) is 0 Å². The predicted molar refractivity (Wildman–Crippen MR) is 55.2 cm³/mol. The van der Waals surface area contributed by atoms with Crippen LogP contribution in [0.2, 0.25) is 0 Å². The zero-order valence-electron chi connectivity index (χ0n) is 7.59. The lowest BCUT2D eigenvalue weighted by atomic mass is 10.0. The summed E-state index contributed by atoms with van der Waals surface area (Å²) in [5, 5.41) is 3.28. The quantitative estimate of drug-likeness (QED) is 0.705. The van der Waals surface area contributed by atoms with Gasteiger partial charge in [0.05, 0.1) is 0 Å². The average Bonchev–Trinajstić information content (AvgIpc) is 2.71. The molecule has 0 spiro atoms. The Labute approximate surface area is 78.5 Å². The molecule has 0 saturated heterocycles. The summed E-state index contributed by atoms with van der Waals surface area (Å²) in [5.41, 5.74) is 9.47. The van der Waals surface area contributed by atoms with Crippen LogP contribution in [-0.2, 0) is 6.54 Å². The van der Waals surface area contributed by atoms with Crippen molar-refractivity contribution in [2.24, 2.45) is 5.73 Å². The number of hydrogen-bond donors (Lipinski definition) is 2. The smallest absolute Gasteiger partial charge is 0.0211 e. The van der Waals surface area contributed by atoms with Crippen LogP contribution in [0.5, 0.6) is 0 Å². The summed E-state index contributed by atoms with van der Waals surface area (Å²) in [6.07, 6.45) is 2.23. The predicted octanol–water partition coefficient (Wildman–Crippen LogP) is 1.13. The number of benzene rings is 1. The first-order chi connectivity index (χ1) is 6.40. The first kappa shape index (κ1) is 8.48. The summed E-state index contributed by atoms with van der Waals surface area (Å²) in [7, 11) is 0. The van der Waals surface area contributed by atoms with Gasteiger partial charge < -0.3 is 11.1 Å². The van der Waals surface area contributed by atoms with Crippen LogP contribution in [-0.4, -0.2) is 13.1 Å². The Morgan fingerprint density at radius 2 is 2.31 bits per heavy atom. The Morgan fingerprint density at radius 3 is 3.00 bits per heavy atom. The zero-order valence-corrected chi connectivity index (χ0v) is 7.59. The molecule has 0 amide bonds. The molecule has 1 aliphatic rings. The van der Waals surface area contributed by atoms with Gasteiger partial charge in [-0.3, -0.25) is 0 Å². The Kier molecular flexibility index (Phi) is 2.43. The highest BCUT2D eigenvalue weighted by molar-refractivity contribution is 5.69. The summed E-state index contributed by atoms with van der Waals surface area (Å²) in [4.78, 5) is 0. The van der Waals surface area contributed by atoms with Crippen molar-refractivity contribution < 1.29 is 0 Å². The van der Waals surface area contributed by atoms with Crippen LogP contribution in [0.15, 0.2) is 30.3 Å². The van der Waals surface area contributed by atoms with Crippen molar-refractivity contribution in [3.63, 3.8) is 0 Å². The molecule has 68 valence electrons. The van der Waals surface area contributed by atoms with E-state index in [1.54, 1.807) is 0 Å². The highest BCUT2D eigenvalue weighted by atomic mass is 14.9. The minimum absolute atomic E-state index is 0.620. The van der Waals surface area contributed by atoms with Crippen molar-refractivity contribution in [3.8, 4) is 0 Å². The van der Waals surface area contributed by atoms with Gasteiger partial charge >= 0.3 is 0 Å². The van der Waals surface area contributed by atoms with E-state index in [1.165, 1.54) is 16.7 Å². The van der Waals surface area contributed by atoms with E-state index in [-0.39, 0.29) is 0 Å². The fourth-order valence-corrected chi connectivity index (χ4v) is 1.59. The summed E-state index contributed by atoms with van der Waals surface area (Å²) in [6, 6.07) is 8.43. The molecule has 0 radical (unpaired) electrons. The maximum absolute atomic E-state index is 5.58. The molecule has 2 rings (SSSR count). The normalized spacial score (nSPS) is 15.9. The molecule has 1 aromatic rings. The molecular formula is C11H14N2. The van der Waals surface area contributed by atoms with E-state index < -0.39 is 0 Å². The van der Waals surface area contributed by atoms with Crippen LogP contribution >= 0.6 is 0 Å². The highest BCUT2D eigenvalue weighted by Crippen LogP contribution is 2.17. The first-order valence-corrected chi connectivity index (χ1v) is 4.59. The number of hydrogen-bond acceptors (Lipinski definition) is 2. The van der Waals surface area contributed by atoms with Gasteiger partial charge in [-0.2, -0.15) is 0 Å². The minimum atomic E-state index is 0.620. The van der Waals surface area contributed by atoms with E-state index in [1.807, 2.05) is 0 Å². The largest absolute Gasteiger partial charge is 0.326 e. The Bertz CT molecular complexity index is 329. The summed E-state index contributed by atoms with van der Waals surface area (Å²) in [6.45, 7) is 2.59. The Balaban J connectivity index is 2.29. The molecule has 3 N–H and O–H groups in total. The van der Waals surface area contributed by atoms with E-state index in [0.717, 1.165) is 13.1 Å². The fraction of sp³-hybridized carbons (Fsp3) is 0.273. The second-order valence-corrected chi connectivity index (χ2v) is 3.26. The van der Waals surface area contributed by atoms with Crippen LogP contribution in [0.3, 0.4) is 0 Å².